The quantitative estimate of drug-likeness (QED) is 0.483. The summed E-state index contributed by atoms with van der Waals surface area (Å²) in [6.45, 7) is 5.96. The molecular weight excluding hydrogens is 515 g/mol. The maximum Gasteiger partial charge on any atom is 0.253 e. The van der Waals surface area contributed by atoms with Crippen molar-refractivity contribution in [2.24, 2.45) is 10.8 Å². The average Bonchev–Trinajstić information content (AvgIpc) is 3.23. The van der Waals surface area contributed by atoms with Crippen molar-refractivity contribution in [2.45, 2.75) is 57.9 Å². The van der Waals surface area contributed by atoms with Crippen molar-refractivity contribution in [2.75, 3.05) is 42.5 Å². The number of carbonyl (C=O) groups is 2. The van der Waals surface area contributed by atoms with Gasteiger partial charge in [0.1, 0.15) is 17.7 Å². The number of piperidine rings is 2. The molecule has 0 aromatic heterocycles. The topological polar surface area (TPSA) is 67.7 Å². The minimum absolute atomic E-state index is 0.109. The highest BCUT2D eigenvalue weighted by molar-refractivity contribution is 6.32. The standard InChI is InChI=1S/C31H34ClFN4O2/c1-21-16-31(20-37(21)24-4-2-23(19-34)26(32)15-24)8-10-35(11-9-31)28-5-3-22(14-27(28)33)29(39)36-12-6-30(7-13-36)17-25(38)18-30/h2-5,14-15,21H,6-13,16-18,20H2,1H3. The van der Waals surface area contributed by atoms with Gasteiger partial charge in [-0.1, -0.05) is 11.6 Å². The molecule has 2 aromatic rings. The van der Waals surface area contributed by atoms with E-state index in [4.69, 9.17) is 11.6 Å². The van der Waals surface area contributed by atoms with Crippen LogP contribution in [-0.2, 0) is 4.79 Å². The third-order valence-corrected chi connectivity index (χ3v) is 10.1. The molecule has 0 radical (unpaired) electrons. The summed E-state index contributed by atoms with van der Waals surface area (Å²) in [6.07, 6.45) is 6.02. The van der Waals surface area contributed by atoms with E-state index in [9.17, 15) is 14.9 Å². The van der Waals surface area contributed by atoms with Crippen molar-refractivity contribution in [3.05, 3.63) is 58.4 Å². The van der Waals surface area contributed by atoms with E-state index in [2.05, 4.69) is 22.8 Å². The molecule has 204 valence electrons. The SMILES string of the molecule is CC1CC2(CCN(c3ccc(C(=O)N4CCC5(CC4)CC(=O)C5)cc3F)CC2)CN1c1ccc(C#N)c(Cl)c1. The Balaban J connectivity index is 1.07. The fourth-order valence-electron chi connectivity index (χ4n) is 7.42. The summed E-state index contributed by atoms with van der Waals surface area (Å²) in [5.41, 5.74) is 2.76. The Bertz CT molecular complexity index is 1340. The summed E-state index contributed by atoms with van der Waals surface area (Å²) in [5, 5.41) is 9.67. The van der Waals surface area contributed by atoms with Gasteiger partial charge in [0, 0.05) is 62.9 Å². The number of Topliss-reactive ketones (excluding diaryl/α,β-unsaturated/α-hetero) is 1. The molecule has 1 amide bonds. The first-order valence-electron chi connectivity index (χ1n) is 14.0. The fraction of sp³-hybridized carbons (Fsp3) is 0.516. The Morgan fingerprint density at radius 1 is 1.03 bits per heavy atom. The van der Waals surface area contributed by atoms with Crippen molar-refractivity contribution in [1.82, 2.24) is 4.90 Å². The van der Waals surface area contributed by atoms with E-state index < -0.39 is 0 Å². The maximum absolute atomic E-state index is 15.3. The van der Waals surface area contributed by atoms with Gasteiger partial charge < -0.3 is 14.7 Å². The molecule has 2 spiro atoms. The summed E-state index contributed by atoms with van der Waals surface area (Å²) in [7, 11) is 0. The van der Waals surface area contributed by atoms with Crippen molar-refractivity contribution in [1.29, 1.82) is 5.26 Å². The predicted octanol–water partition coefficient (Wildman–Crippen LogP) is 5.82. The van der Waals surface area contributed by atoms with E-state index in [-0.39, 0.29) is 22.6 Å². The molecule has 0 N–H and O–H groups in total. The summed E-state index contributed by atoms with van der Waals surface area (Å²) < 4.78 is 15.3. The second-order valence-corrected chi connectivity index (χ2v) is 12.7. The van der Waals surface area contributed by atoms with E-state index in [0.29, 0.717) is 59.6 Å². The molecule has 4 fully saturated rings. The highest BCUT2D eigenvalue weighted by Gasteiger charge is 2.46. The molecule has 1 atom stereocenters. The number of likely N-dealkylation sites (tertiary alicyclic amines) is 1. The zero-order valence-electron chi connectivity index (χ0n) is 22.4. The Morgan fingerprint density at radius 3 is 2.33 bits per heavy atom. The predicted molar refractivity (Wildman–Crippen MR) is 150 cm³/mol. The second kappa shape index (κ2) is 9.82. The van der Waals surface area contributed by atoms with Crippen molar-refractivity contribution < 1.29 is 14.0 Å². The van der Waals surface area contributed by atoms with Crippen LogP contribution in [-0.4, -0.2) is 55.4 Å². The number of anilines is 2. The first kappa shape index (κ1) is 26.1. The Labute approximate surface area is 234 Å². The number of carbonyl (C=O) groups excluding carboxylic acids is 2. The number of rotatable bonds is 3. The van der Waals surface area contributed by atoms with Crippen LogP contribution < -0.4 is 9.80 Å². The minimum atomic E-state index is -0.344. The van der Waals surface area contributed by atoms with Crippen LogP contribution in [0, 0.1) is 28.0 Å². The van der Waals surface area contributed by atoms with Gasteiger partial charge in [0.05, 0.1) is 16.3 Å². The molecule has 39 heavy (non-hydrogen) atoms. The Kier molecular flexibility index (Phi) is 6.58. The number of hydrogen-bond acceptors (Lipinski definition) is 5. The van der Waals surface area contributed by atoms with Crippen LogP contribution in [0.15, 0.2) is 36.4 Å². The van der Waals surface area contributed by atoms with Gasteiger partial charge in [-0.2, -0.15) is 5.26 Å². The van der Waals surface area contributed by atoms with Gasteiger partial charge >= 0.3 is 0 Å². The summed E-state index contributed by atoms with van der Waals surface area (Å²) >= 11 is 6.31. The molecule has 4 aliphatic rings. The molecule has 6 nitrogen and oxygen atoms in total. The molecule has 2 aromatic carbocycles. The molecule has 1 unspecified atom stereocenters. The first-order valence-corrected chi connectivity index (χ1v) is 14.4. The lowest BCUT2D eigenvalue weighted by Gasteiger charge is -2.46. The third kappa shape index (κ3) is 4.78. The zero-order chi connectivity index (χ0) is 27.4. The number of benzene rings is 2. The summed E-state index contributed by atoms with van der Waals surface area (Å²) in [4.78, 5) is 30.8. The molecule has 1 aliphatic carbocycles. The van der Waals surface area contributed by atoms with Gasteiger partial charge in [-0.3, -0.25) is 9.59 Å². The number of nitrogens with zero attached hydrogens (tertiary/aromatic N) is 4. The van der Waals surface area contributed by atoms with Crippen molar-refractivity contribution in [3.63, 3.8) is 0 Å². The monoisotopic (exact) mass is 548 g/mol. The average molecular weight is 549 g/mol. The number of halogens is 2. The number of amides is 1. The molecule has 3 heterocycles. The van der Waals surface area contributed by atoms with Crippen LogP contribution in [0.25, 0.3) is 0 Å². The van der Waals surface area contributed by atoms with E-state index in [1.807, 2.05) is 12.1 Å². The van der Waals surface area contributed by atoms with E-state index in [0.717, 1.165) is 57.4 Å². The highest BCUT2D eigenvalue weighted by Crippen LogP contribution is 2.47. The molecule has 3 saturated heterocycles. The number of hydrogen-bond donors (Lipinski definition) is 0. The number of nitriles is 1. The van der Waals surface area contributed by atoms with Gasteiger partial charge in [0.2, 0.25) is 0 Å². The zero-order valence-corrected chi connectivity index (χ0v) is 23.1. The maximum atomic E-state index is 15.3. The Hall–Kier alpha value is -3.11. The largest absolute Gasteiger partial charge is 0.369 e. The van der Waals surface area contributed by atoms with Gasteiger partial charge in [0.25, 0.3) is 5.91 Å². The normalized spacial score (nSPS) is 23.7. The molecule has 8 heteroatoms. The van der Waals surface area contributed by atoms with Crippen molar-refractivity contribution >= 4 is 34.7 Å². The lowest BCUT2D eigenvalue weighted by Crippen LogP contribution is -2.49. The lowest BCUT2D eigenvalue weighted by atomic mass is 9.62. The highest BCUT2D eigenvalue weighted by atomic mass is 35.5. The van der Waals surface area contributed by atoms with E-state index in [1.165, 1.54) is 6.07 Å². The van der Waals surface area contributed by atoms with E-state index >= 15 is 4.39 Å². The van der Waals surface area contributed by atoms with Crippen LogP contribution >= 0.6 is 11.6 Å². The Morgan fingerprint density at radius 2 is 1.72 bits per heavy atom. The smallest absolute Gasteiger partial charge is 0.253 e. The van der Waals surface area contributed by atoms with Gasteiger partial charge in [0.15, 0.2) is 0 Å². The van der Waals surface area contributed by atoms with E-state index in [1.54, 1.807) is 23.1 Å². The minimum Gasteiger partial charge on any atom is -0.369 e. The second-order valence-electron chi connectivity index (χ2n) is 12.3. The van der Waals surface area contributed by atoms with Crippen LogP contribution in [0.1, 0.15) is 67.8 Å². The summed E-state index contributed by atoms with van der Waals surface area (Å²) in [5.74, 6) is -0.142. The molecule has 0 bridgehead atoms. The molecule has 6 rings (SSSR count). The first-order chi connectivity index (χ1) is 18.7. The fourth-order valence-corrected chi connectivity index (χ4v) is 7.64. The van der Waals surface area contributed by atoms with Crippen LogP contribution in [0.4, 0.5) is 15.8 Å². The van der Waals surface area contributed by atoms with Crippen LogP contribution in [0.3, 0.4) is 0 Å². The van der Waals surface area contributed by atoms with Crippen LogP contribution in [0.2, 0.25) is 5.02 Å². The summed E-state index contributed by atoms with van der Waals surface area (Å²) in [6, 6.07) is 13.0. The van der Waals surface area contributed by atoms with Gasteiger partial charge in [-0.15, -0.1) is 0 Å². The lowest BCUT2D eigenvalue weighted by molar-refractivity contribution is -0.135. The van der Waals surface area contributed by atoms with Gasteiger partial charge in [-0.25, -0.2) is 4.39 Å². The molecule has 1 saturated carbocycles. The van der Waals surface area contributed by atoms with Crippen LogP contribution in [0.5, 0.6) is 0 Å². The molecular formula is C31H34ClFN4O2. The number of ketones is 1. The molecule has 3 aliphatic heterocycles. The van der Waals surface area contributed by atoms with Crippen molar-refractivity contribution in [3.8, 4) is 6.07 Å². The third-order valence-electron chi connectivity index (χ3n) is 9.79. The van der Waals surface area contributed by atoms with Gasteiger partial charge in [-0.05, 0) is 86.3 Å².